The molecule has 2 saturated heterocycles. The summed E-state index contributed by atoms with van der Waals surface area (Å²) in [4.78, 5) is 18.5. The highest BCUT2D eigenvalue weighted by molar-refractivity contribution is 8.16. The van der Waals surface area contributed by atoms with Gasteiger partial charge in [-0.15, -0.1) is 0 Å². The number of thioether (sulfide) groups is 1. The first-order chi connectivity index (χ1) is 14.5. The number of aliphatic imine (C=N–C) groups is 1. The maximum absolute atomic E-state index is 12.5. The minimum atomic E-state index is -3.14. The molecule has 0 N–H and O–H groups in total. The lowest BCUT2D eigenvalue weighted by molar-refractivity contribution is -0.119. The van der Waals surface area contributed by atoms with Gasteiger partial charge in [-0.05, 0) is 24.3 Å². The van der Waals surface area contributed by atoms with E-state index in [1.807, 2.05) is 29.2 Å². The number of carbonyl (C=O) groups is 1. The quantitative estimate of drug-likeness (QED) is 0.705. The zero-order valence-corrected chi connectivity index (χ0v) is 17.4. The Kier molecular flexibility index (Phi) is 4.82. The summed E-state index contributed by atoms with van der Waals surface area (Å²) in [5.41, 5.74) is 0.715. The number of benzene rings is 2. The van der Waals surface area contributed by atoms with E-state index in [-0.39, 0.29) is 36.2 Å². The molecule has 2 fully saturated rings. The third-order valence-electron chi connectivity index (χ3n) is 5.03. The topological polar surface area (TPSA) is 94.5 Å². The average molecular weight is 447 g/mol. The summed E-state index contributed by atoms with van der Waals surface area (Å²) in [5.74, 6) is 1.45. The van der Waals surface area contributed by atoms with Crippen molar-refractivity contribution in [1.29, 1.82) is 0 Å². The summed E-state index contributed by atoms with van der Waals surface area (Å²) in [5, 5.41) is 0.294. The molecule has 2 unspecified atom stereocenters. The average Bonchev–Trinajstić information content (AvgIpc) is 3.38. The first kappa shape index (κ1) is 19.3. The number of hydrogen-bond acceptors (Lipinski definition) is 7. The molecule has 3 aliphatic heterocycles. The SMILES string of the molecule is O=C(COc1ccccc1)N=C1SC2CS(=O)(=O)CC2N1c1ccc2c(c1)OCO2. The largest absolute Gasteiger partial charge is 0.484 e. The van der Waals surface area contributed by atoms with Crippen LogP contribution < -0.4 is 19.1 Å². The third kappa shape index (κ3) is 3.72. The zero-order valence-electron chi connectivity index (χ0n) is 15.8. The van der Waals surface area contributed by atoms with Crippen LogP contribution >= 0.6 is 11.8 Å². The Bertz CT molecular complexity index is 1120. The van der Waals surface area contributed by atoms with Gasteiger partial charge in [0.15, 0.2) is 33.1 Å². The Morgan fingerprint density at radius 2 is 1.93 bits per heavy atom. The molecule has 8 nitrogen and oxygen atoms in total. The number of hydrogen-bond donors (Lipinski definition) is 0. The zero-order chi connectivity index (χ0) is 20.7. The number of sulfone groups is 1. The number of amidine groups is 1. The predicted molar refractivity (Wildman–Crippen MR) is 113 cm³/mol. The lowest BCUT2D eigenvalue weighted by Crippen LogP contribution is -2.37. The van der Waals surface area contributed by atoms with E-state index in [4.69, 9.17) is 14.2 Å². The molecular formula is C20H18N2O6S2. The number of para-hydroxylation sites is 1. The van der Waals surface area contributed by atoms with Gasteiger partial charge in [-0.25, -0.2) is 8.42 Å². The normalized spacial score (nSPS) is 24.8. The van der Waals surface area contributed by atoms with E-state index in [2.05, 4.69) is 4.99 Å². The van der Waals surface area contributed by atoms with Gasteiger partial charge in [-0.2, -0.15) is 4.99 Å². The fourth-order valence-corrected chi connectivity index (χ4v) is 7.63. The molecule has 2 aromatic rings. The van der Waals surface area contributed by atoms with Crippen LogP contribution in [0.5, 0.6) is 17.2 Å². The van der Waals surface area contributed by atoms with Crippen molar-refractivity contribution in [1.82, 2.24) is 0 Å². The van der Waals surface area contributed by atoms with E-state index in [0.717, 1.165) is 0 Å². The van der Waals surface area contributed by atoms with Crippen LogP contribution in [0, 0.1) is 0 Å². The first-order valence-electron chi connectivity index (χ1n) is 9.34. The number of carbonyl (C=O) groups excluding carboxylic acids is 1. The Labute approximate surface area is 177 Å². The van der Waals surface area contributed by atoms with E-state index < -0.39 is 15.7 Å². The first-order valence-corrected chi connectivity index (χ1v) is 12.0. The van der Waals surface area contributed by atoms with E-state index in [9.17, 15) is 13.2 Å². The van der Waals surface area contributed by atoms with Gasteiger partial charge in [0.1, 0.15) is 5.75 Å². The summed E-state index contributed by atoms with van der Waals surface area (Å²) in [7, 11) is -3.14. The highest BCUT2D eigenvalue weighted by Gasteiger charge is 2.49. The van der Waals surface area contributed by atoms with Crippen molar-refractivity contribution in [3.8, 4) is 17.2 Å². The second-order valence-electron chi connectivity index (χ2n) is 7.10. The standard InChI is InChI=1S/C20H18N2O6S2/c23-19(9-26-14-4-2-1-3-5-14)21-20-22(15-10-30(24,25)11-18(15)29-20)13-6-7-16-17(8-13)28-12-27-16/h1-8,15,18H,9-12H2. The van der Waals surface area contributed by atoms with E-state index in [1.54, 1.807) is 24.3 Å². The number of anilines is 1. The Morgan fingerprint density at radius 3 is 2.77 bits per heavy atom. The fourth-order valence-electron chi connectivity index (χ4n) is 3.70. The van der Waals surface area contributed by atoms with Crippen LogP contribution in [-0.4, -0.2) is 55.7 Å². The molecule has 0 radical (unpaired) electrons. The van der Waals surface area contributed by atoms with Gasteiger partial charge in [-0.3, -0.25) is 4.79 Å². The van der Waals surface area contributed by atoms with Crippen molar-refractivity contribution in [3.63, 3.8) is 0 Å². The second-order valence-corrected chi connectivity index (χ2v) is 10.5. The molecule has 1 amide bonds. The molecule has 0 aromatic heterocycles. The fraction of sp³-hybridized carbons (Fsp3) is 0.300. The number of rotatable bonds is 4. The minimum absolute atomic E-state index is 0.0207. The minimum Gasteiger partial charge on any atom is -0.484 e. The molecule has 2 atom stereocenters. The predicted octanol–water partition coefficient (Wildman–Crippen LogP) is 2.10. The van der Waals surface area contributed by atoms with Crippen molar-refractivity contribution >= 4 is 38.4 Å². The van der Waals surface area contributed by atoms with E-state index >= 15 is 0 Å². The van der Waals surface area contributed by atoms with Crippen LogP contribution in [-0.2, 0) is 14.6 Å². The van der Waals surface area contributed by atoms with E-state index in [0.29, 0.717) is 28.1 Å². The van der Waals surface area contributed by atoms with Crippen LogP contribution in [0.15, 0.2) is 53.5 Å². The van der Waals surface area contributed by atoms with Gasteiger partial charge in [-0.1, -0.05) is 30.0 Å². The molecular weight excluding hydrogens is 428 g/mol. The van der Waals surface area contributed by atoms with Crippen molar-refractivity contribution in [2.24, 2.45) is 4.99 Å². The summed E-state index contributed by atoms with van der Waals surface area (Å²) in [6, 6.07) is 14.1. The molecule has 2 aromatic carbocycles. The number of fused-ring (bicyclic) bond motifs is 2. The van der Waals surface area contributed by atoms with Crippen LogP contribution in [0.4, 0.5) is 5.69 Å². The lowest BCUT2D eigenvalue weighted by Gasteiger charge is -2.24. The summed E-state index contributed by atoms with van der Waals surface area (Å²) >= 11 is 1.32. The van der Waals surface area contributed by atoms with Crippen molar-refractivity contribution in [2.75, 3.05) is 29.8 Å². The van der Waals surface area contributed by atoms with Gasteiger partial charge in [0.25, 0.3) is 5.91 Å². The molecule has 3 aliphatic rings. The molecule has 0 aliphatic carbocycles. The van der Waals surface area contributed by atoms with Gasteiger partial charge < -0.3 is 19.1 Å². The van der Waals surface area contributed by atoms with Gasteiger partial charge in [0.2, 0.25) is 6.79 Å². The van der Waals surface area contributed by atoms with Crippen molar-refractivity contribution in [2.45, 2.75) is 11.3 Å². The lowest BCUT2D eigenvalue weighted by atomic mass is 10.2. The molecule has 0 bridgehead atoms. The summed E-state index contributed by atoms with van der Waals surface area (Å²) in [6.45, 7) is -0.0547. The third-order valence-corrected chi connectivity index (χ3v) is 8.24. The molecule has 0 saturated carbocycles. The number of amides is 1. The monoisotopic (exact) mass is 446 g/mol. The Morgan fingerprint density at radius 1 is 1.13 bits per heavy atom. The second kappa shape index (κ2) is 7.51. The maximum atomic E-state index is 12.5. The highest BCUT2D eigenvalue weighted by Crippen LogP contribution is 2.43. The molecule has 3 heterocycles. The summed E-state index contributed by atoms with van der Waals surface area (Å²) < 4.78 is 40.7. The Hall–Kier alpha value is -2.72. The highest BCUT2D eigenvalue weighted by atomic mass is 32.2. The molecule has 10 heteroatoms. The van der Waals surface area contributed by atoms with E-state index in [1.165, 1.54) is 11.8 Å². The van der Waals surface area contributed by atoms with Gasteiger partial charge >= 0.3 is 0 Å². The molecule has 156 valence electrons. The maximum Gasteiger partial charge on any atom is 0.285 e. The van der Waals surface area contributed by atoms with Crippen LogP contribution in [0.3, 0.4) is 0 Å². The van der Waals surface area contributed by atoms with Crippen molar-refractivity contribution < 1.29 is 27.4 Å². The van der Waals surface area contributed by atoms with Crippen LogP contribution in [0.1, 0.15) is 0 Å². The van der Waals surface area contributed by atoms with Crippen LogP contribution in [0.25, 0.3) is 0 Å². The molecule has 0 spiro atoms. The van der Waals surface area contributed by atoms with Gasteiger partial charge in [0, 0.05) is 17.0 Å². The number of nitrogens with zero attached hydrogens (tertiary/aromatic N) is 2. The van der Waals surface area contributed by atoms with Gasteiger partial charge in [0.05, 0.1) is 17.5 Å². The molecule has 5 rings (SSSR count). The van der Waals surface area contributed by atoms with Crippen molar-refractivity contribution in [3.05, 3.63) is 48.5 Å². The van der Waals surface area contributed by atoms with Crippen LogP contribution in [0.2, 0.25) is 0 Å². The molecule has 30 heavy (non-hydrogen) atoms. The number of ether oxygens (including phenoxy) is 3. The summed E-state index contributed by atoms with van der Waals surface area (Å²) in [6.07, 6.45) is 0. The Balaban J connectivity index is 1.41. The smallest absolute Gasteiger partial charge is 0.285 e.